The number of rotatable bonds is 3. The fourth-order valence-electron chi connectivity index (χ4n) is 1.46. The molecule has 1 aromatic rings. The number of hydrogen-bond donors (Lipinski definition) is 2. The molecular weight excluding hydrogens is 206 g/mol. The first kappa shape index (κ1) is 10.8. The van der Waals surface area contributed by atoms with Crippen LogP contribution in [0.3, 0.4) is 0 Å². The second-order valence-electron chi connectivity index (χ2n) is 3.51. The van der Waals surface area contributed by atoms with Gasteiger partial charge in [-0.05, 0) is 0 Å². The van der Waals surface area contributed by atoms with Gasteiger partial charge in [-0.2, -0.15) is 5.26 Å². The van der Waals surface area contributed by atoms with E-state index in [2.05, 4.69) is 20.6 Å². The van der Waals surface area contributed by atoms with Crippen molar-refractivity contribution >= 4 is 5.82 Å². The minimum absolute atomic E-state index is 0.297. The molecule has 0 aliphatic carbocycles. The Labute approximate surface area is 93.7 Å². The maximum absolute atomic E-state index is 8.56. The highest BCUT2D eigenvalue weighted by Crippen LogP contribution is 2.01. The number of nitrogens with one attached hydrogen (secondary N) is 2. The van der Waals surface area contributed by atoms with Gasteiger partial charge in [-0.25, -0.2) is 9.97 Å². The lowest BCUT2D eigenvalue weighted by molar-refractivity contribution is 0.0806. The normalized spacial score (nSPS) is 20.1. The second kappa shape index (κ2) is 5.39. The van der Waals surface area contributed by atoms with Gasteiger partial charge in [-0.1, -0.05) is 0 Å². The van der Waals surface area contributed by atoms with E-state index in [0.717, 1.165) is 19.7 Å². The van der Waals surface area contributed by atoms with Crippen LogP contribution in [0, 0.1) is 11.3 Å². The molecule has 6 nitrogen and oxygen atoms in total. The van der Waals surface area contributed by atoms with E-state index in [1.807, 2.05) is 6.07 Å². The van der Waals surface area contributed by atoms with E-state index in [1.165, 1.54) is 6.20 Å². The first-order valence-electron chi connectivity index (χ1n) is 5.15. The molecule has 0 spiro atoms. The van der Waals surface area contributed by atoms with Gasteiger partial charge in [-0.3, -0.25) is 0 Å². The maximum Gasteiger partial charge on any atom is 0.158 e. The van der Waals surface area contributed by atoms with Crippen molar-refractivity contribution in [2.24, 2.45) is 0 Å². The van der Waals surface area contributed by atoms with Crippen LogP contribution in [-0.2, 0) is 4.74 Å². The molecule has 0 amide bonds. The summed E-state index contributed by atoms with van der Waals surface area (Å²) in [5.74, 6) is 0.673. The largest absolute Gasteiger partial charge is 0.378 e. The highest BCUT2D eigenvalue weighted by Gasteiger charge is 2.12. The summed E-state index contributed by atoms with van der Waals surface area (Å²) in [5, 5.41) is 15.0. The van der Waals surface area contributed by atoms with Gasteiger partial charge in [0.2, 0.25) is 0 Å². The third kappa shape index (κ3) is 2.89. The topological polar surface area (TPSA) is 82.9 Å². The lowest BCUT2D eigenvalue weighted by atomic mass is 10.3. The van der Waals surface area contributed by atoms with E-state index in [4.69, 9.17) is 10.00 Å². The fourth-order valence-corrected chi connectivity index (χ4v) is 1.46. The number of ether oxygens (including phenoxy) is 1. The highest BCUT2D eigenvalue weighted by atomic mass is 16.5. The number of hydrogen-bond acceptors (Lipinski definition) is 6. The third-order valence-corrected chi connectivity index (χ3v) is 2.29. The Hall–Kier alpha value is -1.71. The van der Waals surface area contributed by atoms with Crippen LogP contribution < -0.4 is 10.6 Å². The summed E-state index contributed by atoms with van der Waals surface area (Å²) in [5.41, 5.74) is 0.324. The Morgan fingerprint density at radius 1 is 1.56 bits per heavy atom. The molecule has 2 N–H and O–H groups in total. The molecule has 1 aliphatic heterocycles. The standard InChI is InChI=1S/C10H13N5O/c11-3-8-4-14-10(6-13-8)15-5-9-7-16-2-1-12-9/h4,6,9,12H,1-2,5,7H2,(H,14,15). The maximum atomic E-state index is 8.56. The Balaban J connectivity index is 1.82. The molecule has 1 unspecified atom stereocenters. The van der Waals surface area contributed by atoms with Gasteiger partial charge in [-0.15, -0.1) is 0 Å². The number of morpholine rings is 1. The van der Waals surface area contributed by atoms with Crippen molar-refractivity contribution in [3.63, 3.8) is 0 Å². The average molecular weight is 219 g/mol. The minimum Gasteiger partial charge on any atom is -0.378 e. The summed E-state index contributed by atoms with van der Waals surface area (Å²) in [6.45, 7) is 3.09. The Morgan fingerprint density at radius 2 is 2.50 bits per heavy atom. The number of nitriles is 1. The van der Waals surface area contributed by atoms with Crippen LogP contribution in [0.15, 0.2) is 12.4 Å². The molecule has 0 radical (unpaired) electrons. The van der Waals surface area contributed by atoms with E-state index < -0.39 is 0 Å². The van der Waals surface area contributed by atoms with E-state index in [0.29, 0.717) is 24.2 Å². The second-order valence-corrected chi connectivity index (χ2v) is 3.51. The molecule has 1 fully saturated rings. The smallest absolute Gasteiger partial charge is 0.158 e. The van der Waals surface area contributed by atoms with E-state index in [9.17, 15) is 0 Å². The lowest BCUT2D eigenvalue weighted by Crippen LogP contribution is -2.45. The number of nitrogens with zero attached hydrogens (tertiary/aromatic N) is 3. The van der Waals surface area contributed by atoms with E-state index in [1.54, 1.807) is 6.20 Å². The van der Waals surface area contributed by atoms with E-state index >= 15 is 0 Å². The van der Waals surface area contributed by atoms with Crippen LogP contribution in [0.5, 0.6) is 0 Å². The molecule has 0 bridgehead atoms. The summed E-state index contributed by atoms with van der Waals surface area (Å²) in [4.78, 5) is 7.99. The predicted octanol–water partition coefficient (Wildman–Crippen LogP) is -0.251. The minimum atomic E-state index is 0.297. The first-order chi connectivity index (χ1) is 7.88. The zero-order valence-corrected chi connectivity index (χ0v) is 8.81. The van der Waals surface area contributed by atoms with Crippen LogP contribution in [0.25, 0.3) is 0 Å². The number of anilines is 1. The van der Waals surface area contributed by atoms with Crippen molar-refractivity contribution in [2.75, 3.05) is 31.6 Å². The van der Waals surface area contributed by atoms with Gasteiger partial charge >= 0.3 is 0 Å². The molecule has 84 valence electrons. The van der Waals surface area contributed by atoms with Crippen molar-refractivity contribution < 1.29 is 4.74 Å². The summed E-state index contributed by atoms with van der Waals surface area (Å²) < 4.78 is 5.33. The average Bonchev–Trinajstić information content (AvgIpc) is 2.38. The highest BCUT2D eigenvalue weighted by molar-refractivity contribution is 5.33. The first-order valence-corrected chi connectivity index (χ1v) is 5.15. The molecular formula is C10H13N5O. The van der Waals surface area contributed by atoms with Gasteiger partial charge in [0.25, 0.3) is 0 Å². The molecule has 1 saturated heterocycles. The molecule has 0 saturated carbocycles. The summed E-state index contributed by atoms with van der Waals surface area (Å²) in [7, 11) is 0. The number of aromatic nitrogens is 2. The van der Waals surface area contributed by atoms with Crippen LogP contribution in [0.1, 0.15) is 5.69 Å². The molecule has 0 aromatic carbocycles. The quantitative estimate of drug-likeness (QED) is 0.729. The Bertz CT molecular complexity index is 366. The van der Waals surface area contributed by atoms with Gasteiger partial charge in [0.05, 0.1) is 25.6 Å². The monoisotopic (exact) mass is 219 g/mol. The zero-order chi connectivity index (χ0) is 11.2. The van der Waals surface area contributed by atoms with Crippen molar-refractivity contribution in [3.8, 4) is 6.07 Å². The van der Waals surface area contributed by atoms with Crippen LogP contribution in [0.4, 0.5) is 5.82 Å². The van der Waals surface area contributed by atoms with Crippen molar-refractivity contribution in [3.05, 3.63) is 18.1 Å². The summed E-state index contributed by atoms with van der Waals surface area (Å²) >= 11 is 0. The van der Waals surface area contributed by atoms with Crippen molar-refractivity contribution in [1.82, 2.24) is 15.3 Å². The molecule has 16 heavy (non-hydrogen) atoms. The van der Waals surface area contributed by atoms with Crippen molar-refractivity contribution in [2.45, 2.75) is 6.04 Å². The van der Waals surface area contributed by atoms with Gasteiger partial charge in [0.1, 0.15) is 11.9 Å². The molecule has 1 atom stereocenters. The van der Waals surface area contributed by atoms with Crippen LogP contribution in [-0.4, -0.2) is 42.3 Å². The summed E-state index contributed by atoms with van der Waals surface area (Å²) in [6, 6.07) is 2.22. The van der Waals surface area contributed by atoms with Crippen LogP contribution >= 0.6 is 0 Å². The molecule has 6 heteroatoms. The van der Waals surface area contributed by atoms with Crippen LogP contribution in [0.2, 0.25) is 0 Å². The third-order valence-electron chi connectivity index (χ3n) is 2.29. The molecule has 2 heterocycles. The van der Waals surface area contributed by atoms with Crippen molar-refractivity contribution in [1.29, 1.82) is 5.26 Å². The zero-order valence-electron chi connectivity index (χ0n) is 8.81. The van der Waals surface area contributed by atoms with Gasteiger partial charge < -0.3 is 15.4 Å². The van der Waals surface area contributed by atoms with Gasteiger partial charge in [0, 0.05) is 19.1 Å². The van der Waals surface area contributed by atoms with E-state index in [-0.39, 0.29) is 0 Å². The predicted molar refractivity (Wildman–Crippen MR) is 57.8 cm³/mol. The molecule has 1 aliphatic rings. The molecule has 1 aromatic heterocycles. The lowest BCUT2D eigenvalue weighted by Gasteiger charge is -2.23. The fraction of sp³-hybridized carbons (Fsp3) is 0.500. The van der Waals surface area contributed by atoms with Gasteiger partial charge in [0.15, 0.2) is 5.69 Å². The Kier molecular flexibility index (Phi) is 3.64. The summed E-state index contributed by atoms with van der Waals surface area (Å²) in [6.07, 6.45) is 3.01. The SMILES string of the molecule is N#Cc1cnc(NCC2COCCN2)cn1. The molecule has 2 rings (SSSR count). The Morgan fingerprint density at radius 3 is 3.12 bits per heavy atom.